The molecule has 0 aromatic heterocycles. The van der Waals surface area contributed by atoms with Gasteiger partial charge in [0.25, 0.3) is 0 Å². The lowest BCUT2D eigenvalue weighted by atomic mass is 9.83. The first-order chi connectivity index (χ1) is 6.86. The van der Waals surface area contributed by atoms with Gasteiger partial charge in [0.15, 0.2) is 6.29 Å². The summed E-state index contributed by atoms with van der Waals surface area (Å²) in [5.74, 6) is 0.576. The largest absolute Gasteiger partial charge is 0.352 e. The van der Waals surface area contributed by atoms with Crippen LogP contribution in [0, 0.1) is 5.92 Å². The molecule has 78 valence electrons. The summed E-state index contributed by atoms with van der Waals surface area (Å²) in [6.45, 7) is 3.74. The Morgan fingerprint density at radius 3 is 2.93 bits per heavy atom. The molecule has 0 N–H and O–H groups in total. The van der Waals surface area contributed by atoms with Crippen LogP contribution in [0.5, 0.6) is 0 Å². The summed E-state index contributed by atoms with van der Waals surface area (Å²) >= 11 is 0. The van der Waals surface area contributed by atoms with Gasteiger partial charge in [0.05, 0.1) is 6.10 Å². The van der Waals surface area contributed by atoms with Crippen molar-refractivity contribution in [3.63, 3.8) is 0 Å². The first-order valence-corrected chi connectivity index (χ1v) is 5.37. The fraction of sp³-hybridized carbons (Fsp3) is 0.667. The fourth-order valence-corrected chi connectivity index (χ4v) is 2.58. The third-order valence-corrected chi connectivity index (χ3v) is 3.23. The molecule has 0 aromatic carbocycles. The van der Waals surface area contributed by atoms with Gasteiger partial charge in [0, 0.05) is 13.0 Å². The van der Waals surface area contributed by atoms with Crippen LogP contribution in [0.3, 0.4) is 0 Å². The first-order valence-electron chi connectivity index (χ1n) is 5.37. The molecule has 3 unspecified atom stereocenters. The van der Waals surface area contributed by atoms with Gasteiger partial charge < -0.3 is 9.47 Å². The van der Waals surface area contributed by atoms with Gasteiger partial charge in [-0.15, -0.1) is 0 Å². The highest BCUT2D eigenvalue weighted by Crippen LogP contribution is 2.41. The second kappa shape index (κ2) is 4.28. The average Bonchev–Trinajstić information content (AvgIpc) is 2.58. The van der Waals surface area contributed by atoms with Crippen LogP contribution in [0.2, 0.25) is 0 Å². The Morgan fingerprint density at radius 1 is 1.43 bits per heavy atom. The molecule has 1 aliphatic heterocycles. The lowest BCUT2D eigenvalue weighted by Gasteiger charge is -2.23. The van der Waals surface area contributed by atoms with Crippen LogP contribution < -0.4 is 0 Å². The molecule has 1 heterocycles. The minimum atomic E-state index is -0.124. The molecule has 0 amide bonds. The van der Waals surface area contributed by atoms with E-state index in [0.29, 0.717) is 12.0 Å². The third-order valence-electron chi connectivity index (χ3n) is 3.23. The molecule has 1 saturated heterocycles. The van der Waals surface area contributed by atoms with E-state index in [1.807, 2.05) is 6.08 Å². The Kier molecular flexibility index (Phi) is 3.04. The summed E-state index contributed by atoms with van der Waals surface area (Å²) in [7, 11) is 1.71. The molecule has 2 aliphatic rings. The minimum Gasteiger partial charge on any atom is -0.352 e. The normalized spacial score (nSPS) is 39.8. The van der Waals surface area contributed by atoms with E-state index < -0.39 is 0 Å². The van der Waals surface area contributed by atoms with E-state index in [9.17, 15) is 0 Å². The van der Waals surface area contributed by atoms with Gasteiger partial charge in [0.1, 0.15) is 0 Å². The van der Waals surface area contributed by atoms with E-state index in [-0.39, 0.29) is 6.29 Å². The molecule has 1 saturated carbocycles. The predicted octanol–water partition coefficient (Wildman–Crippen LogP) is 2.66. The second-order valence-electron chi connectivity index (χ2n) is 4.04. The number of hydrogen-bond acceptors (Lipinski definition) is 2. The Morgan fingerprint density at radius 2 is 2.21 bits per heavy atom. The zero-order chi connectivity index (χ0) is 9.97. The van der Waals surface area contributed by atoms with Crippen LogP contribution in [0.1, 0.15) is 25.7 Å². The fourth-order valence-electron chi connectivity index (χ4n) is 2.58. The molecule has 14 heavy (non-hydrogen) atoms. The molecule has 1 aliphatic carbocycles. The van der Waals surface area contributed by atoms with Crippen molar-refractivity contribution >= 4 is 0 Å². The molecule has 2 fully saturated rings. The minimum absolute atomic E-state index is 0.124. The molecular weight excluding hydrogens is 176 g/mol. The van der Waals surface area contributed by atoms with Gasteiger partial charge in [-0.1, -0.05) is 31.6 Å². The summed E-state index contributed by atoms with van der Waals surface area (Å²) in [5.41, 5.74) is 1.28. The van der Waals surface area contributed by atoms with Crippen molar-refractivity contribution in [3.8, 4) is 0 Å². The van der Waals surface area contributed by atoms with Crippen LogP contribution in [0.4, 0.5) is 0 Å². The van der Waals surface area contributed by atoms with Gasteiger partial charge in [-0.25, -0.2) is 0 Å². The number of methoxy groups -OCH3 is 1. The topological polar surface area (TPSA) is 18.5 Å². The van der Waals surface area contributed by atoms with Crippen LogP contribution in [0.25, 0.3) is 0 Å². The van der Waals surface area contributed by atoms with Gasteiger partial charge in [-0.05, 0) is 18.4 Å². The highest BCUT2D eigenvalue weighted by atomic mass is 16.7. The van der Waals surface area contributed by atoms with Crippen LogP contribution in [0.15, 0.2) is 24.3 Å². The standard InChI is InChI=1S/C12H18O2/c1-3-6-10-9-7-4-5-8-11(9)14-12(10)13-2/h3,6,9,11-12H,1,4-5,7-8H2,2H3/b10-6+. The van der Waals surface area contributed by atoms with Crippen molar-refractivity contribution in [1.82, 2.24) is 0 Å². The van der Waals surface area contributed by atoms with E-state index >= 15 is 0 Å². The monoisotopic (exact) mass is 194 g/mol. The lowest BCUT2D eigenvalue weighted by molar-refractivity contribution is -0.107. The predicted molar refractivity (Wildman–Crippen MR) is 55.9 cm³/mol. The number of hydrogen-bond donors (Lipinski definition) is 0. The third kappa shape index (κ3) is 1.64. The average molecular weight is 194 g/mol. The van der Waals surface area contributed by atoms with Crippen LogP contribution >= 0.6 is 0 Å². The first kappa shape index (κ1) is 9.94. The van der Waals surface area contributed by atoms with Crippen molar-refractivity contribution in [2.45, 2.75) is 38.1 Å². The molecule has 0 spiro atoms. The highest BCUT2D eigenvalue weighted by Gasteiger charge is 2.40. The maximum absolute atomic E-state index is 5.84. The summed E-state index contributed by atoms with van der Waals surface area (Å²) in [6, 6.07) is 0. The molecule has 2 nitrogen and oxygen atoms in total. The maximum Gasteiger partial charge on any atom is 0.180 e. The molecule has 2 heteroatoms. The van der Waals surface area contributed by atoms with E-state index in [1.54, 1.807) is 7.11 Å². The molecule has 3 atom stereocenters. The summed E-state index contributed by atoms with van der Waals surface area (Å²) in [6.07, 6.45) is 9.18. The summed E-state index contributed by atoms with van der Waals surface area (Å²) in [4.78, 5) is 0. The molecule has 0 bridgehead atoms. The van der Waals surface area contributed by atoms with Gasteiger partial charge >= 0.3 is 0 Å². The van der Waals surface area contributed by atoms with Crippen LogP contribution in [-0.2, 0) is 9.47 Å². The molecule has 0 radical (unpaired) electrons. The molecule has 0 aromatic rings. The van der Waals surface area contributed by atoms with Gasteiger partial charge in [-0.3, -0.25) is 0 Å². The number of ether oxygens (including phenoxy) is 2. The smallest absolute Gasteiger partial charge is 0.180 e. The van der Waals surface area contributed by atoms with E-state index in [0.717, 1.165) is 0 Å². The second-order valence-corrected chi connectivity index (χ2v) is 4.04. The zero-order valence-corrected chi connectivity index (χ0v) is 8.74. The van der Waals surface area contributed by atoms with Crippen molar-refractivity contribution in [3.05, 3.63) is 24.3 Å². The van der Waals surface area contributed by atoms with Gasteiger partial charge in [-0.2, -0.15) is 0 Å². The van der Waals surface area contributed by atoms with Crippen molar-refractivity contribution in [1.29, 1.82) is 0 Å². The Labute approximate surface area is 85.6 Å². The quantitative estimate of drug-likeness (QED) is 0.673. The molecular formula is C12H18O2. The van der Waals surface area contributed by atoms with Crippen molar-refractivity contribution < 1.29 is 9.47 Å². The number of rotatable bonds is 2. The number of fused-ring (bicyclic) bond motifs is 1. The summed E-state index contributed by atoms with van der Waals surface area (Å²) in [5, 5.41) is 0. The Hall–Kier alpha value is -0.600. The zero-order valence-electron chi connectivity index (χ0n) is 8.74. The van der Waals surface area contributed by atoms with Crippen molar-refractivity contribution in [2.24, 2.45) is 5.92 Å². The SMILES string of the molecule is C=C/C=C1/C(OC)OC2CCCCC12. The van der Waals surface area contributed by atoms with E-state index in [1.165, 1.54) is 31.3 Å². The lowest BCUT2D eigenvalue weighted by Crippen LogP contribution is -2.20. The Balaban J connectivity index is 2.18. The Bertz CT molecular complexity index is 245. The summed E-state index contributed by atoms with van der Waals surface area (Å²) < 4.78 is 11.2. The van der Waals surface area contributed by atoms with Crippen molar-refractivity contribution in [2.75, 3.05) is 7.11 Å². The van der Waals surface area contributed by atoms with Gasteiger partial charge in [0.2, 0.25) is 0 Å². The number of allylic oxidation sites excluding steroid dienone is 2. The van der Waals surface area contributed by atoms with Crippen LogP contribution in [-0.4, -0.2) is 19.5 Å². The van der Waals surface area contributed by atoms with E-state index in [4.69, 9.17) is 9.47 Å². The maximum atomic E-state index is 5.84. The van der Waals surface area contributed by atoms with E-state index in [2.05, 4.69) is 12.7 Å². The highest BCUT2D eigenvalue weighted by molar-refractivity contribution is 5.21. The molecule has 2 rings (SSSR count).